The normalized spacial score (nSPS) is 17.6. The zero-order chi connectivity index (χ0) is 32.6. The highest BCUT2D eigenvalue weighted by Gasteiger charge is 2.35. The molecule has 5 heterocycles. The smallest absolute Gasteiger partial charge is 0.416 e. The highest BCUT2D eigenvalue weighted by Crippen LogP contribution is 2.37. The van der Waals surface area contributed by atoms with E-state index in [4.69, 9.17) is 9.72 Å². The van der Waals surface area contributed by atoms with Crippen molar-refractivity contribution in [2.75, 3.05) is 45.1 Å². The van der Waals surface area contributed by atoms with Crippen molar-refractivity contribution in [2.45, 2.75) is 45.5 Å². The Bertz CT molecular complexity index is 1760. The number of likely N-dealkylation sites (N-methyl/N-ethyl adjacent to an activating group) is 1. The summed E-state index contributed by atoms with van der Waals surface area (Å²) in [6, 6.07) is 9.19. The second-order valence-electron chi connectivity index (χ2n) is 12.2. The molecule has 0 saturated carbocycles. The summed E-state index contributed by atoms with van der Waals surface area (Å²) in [7, 11) is 2.01. The molecule has 1 fully saturated rings. The van der Waals surface area contributed by atoms with Crippen LogP contribution in [0.2, 0.25) is 0 Å². The van der Waals surface area contributed by atoms with Gasteiger partial charge in [-0.3, -0.25) is 9.88 Å². The lowest BCUT2D eigenvalue weighted by atomic mass is 9.92. The monoisotopic (exact) mass is 633 g/mol. The standard InChI is InChI=1S/C34H38F3N7O2/c1-5-22-19-44(33(45)40-25-7-6-23(28(15-25)34(35,36)37)18-43-12-10-42(4)11-13-43)20-24-14-26(17-39-31(22)24)46-30-8-9-38-32-27(30)16-29(41-32)21(2)3/h6-9,14-17,22H,2,5,10-13,18-20H2,1,3-4H3,(H,38,41)(H,40,45)/t22-/m0/s1. The predicted molar refractivity (Wildman–Crippen MR) is 172 cm³/mol. The van der Waals surface area contributed by atoms with Crippen LogP contribution in [0.5, 0.6) is 11.5 Å². The van der Waals surface area contributed by atoms with Gasteiger partial charge in [0, 0.05) is 69.3 Å². The number of carbonyl (C=O) groups excluding carboxylic acids is 1. The number of ether oxygens (including phenoxy) is 1. The number of anilines is 1. The quantitative estimate of drug-likeness (QED) is 0.226. The molecule has 242 valence electrons. The summed E-state index contributed by atoms with van der Waals surface area (Å²) >= 11 is 0. The van der Waals surface area contributed by atoms with E-state index in [-0.39, 0.29) is 30.3 Å². The molecule has 0 unspecified atom stereocenters. The van der Waals surface area contributed by atoms with E-state index in [9.17, 15) is 18.0 Å². The number of pyridine rings is 2. The summed E-state index contributed by atoms with van der Waals surface area (Å²) in [5.74, 6) is 1.08. The van der Waals surface area contributed by atoms with Gasteiger partial charge < -0.3 is 24.8 Å². The van der Waals surface area contributed by atoms with Crippen molar-refractivity contribution < 1.29 is 22.7 Å². The maximum Gasteiger partial charge on any atom is 0.416 e. The Morgan fingerprint density at radius 3 is 2.63 bits per heavy atom. The Labute approximate surface area is 266 Å². The molecule has 6 rings (SSSR count). The van der Waals surface area contributed by atoms with Gasteiger partial charge >= 0.3 is 12.2 Å². The molecule has 4 aromatic rings. The van der Waals surface area contributed by atoms with Crippen LogP contribution in [0.25, 0.3) is 16.6 Å². The van der Waals surface area contributed by atoms with Crippen molar-refractivity contribution in [3.63, 3.8) is 0 Å². The topological polar surface area (TPSA) is 89.6 Å². The molecule has 3 aromatic heterocycles. The number of nitrogens with zero attached hydrogens (tertiary/aromatic N) is 5. The number of fused-ring (bicyclic) bond motifs is 2. The zero-order valence-corrected chi connectivity index (χ0v) is 26.2. The number of piperazine rings is 1. The van der Waals surface area contributed by atoms with Crippen molar-refractivity contribution in [1.82, 2.24) is 29.7 Å². The van der Waals surface area contributed by atoms with Crippen LogP contribution in [0.4, 0.5) is 23.7 Å². The molecular formula is C34H38F3N7O2. The Morgan fingerprint density at radius 2 is 1.91 bits per heavy atom. The van der Waals surface area contributed by atoms with Gasteiger partial charge in [0.2, 0.25) is 0 Å². The third-order valence-corrected chi connectivity index (χ3v) is 8.78. The number of urea groups is 1. The van der Waals surface area contributed by atoms with E-state index in [1.165, 1.54) is 6.07 Å². The highest BCUT2D eigenvalue weighted by atomic mass is 19.4. The Hall–Kier alpha value is -4.42. The van der Waals surface area contributed by atoms with Crippen LogP contribution in [-0.2, 0) is 19.3 Å². The molecule has 12 heteroatoms. The molecule has 1 aromatic carbocycles. The third-order valence-electron chi connectivity index (χ3n) is 8.78. The van der Waals surface area contributed by atoms with E-state index in [2.05, 4.69) is 26.8 Å². The summed E-state index contributed by atoms with van der Waals surface area (Å²) in [5, 5.41) is 3.52. The molecule has 0 aliphatic carbocycles. The Kier molecular flexibility index (Phi) is 8.75. The van der Waals surface area contributed by atoms with Gasteiger partial charge in [0.1, 0.15) is 17.1 Å². The first-order valence-corrected chi connectivity index (χ1v) is 15.5. The van der Waals surface area contributed by atoms with E-state index >= 15 is 0 Å². The number of rotatable bonds is 7. The van der Waals surface area contributed by atoms with E-state index in [1.54, 1.807) is 29.4 Å². The van der Waals surface area contributed by atoms with Gasteiger partial charge in [-0.15, -0.1) is 0 Å². The number of nitrogens with one attached hydrogen (secondary N) is 2. The number of hydrogen-bond acceptors (Lipinski definition) is 6. The van der Waals surface area contributed by atoms with Gasteiger partial charge in [-0.1, -0.05) is 19.6 Å². The Morgan fingerprint density at radius 1 is 1.13 bits per heavy atom. The third kappa shape index (κ3) is 6.73. The minimum atomic E-state index is -4.55. The van der Waals surface area contributed by atoms with Crippen LogP contribution >= 0.6 is 0 Å². The van der Waals surface area contributed by atoms with E-state index in [0.29, 0.717) is 36.8 Å². The number of carbonyl (C=O) groups is 1. The van der Waals surface area contributed by atoms with Gasteiger partial charge in [-0.25, -0.2) is 9.78 Å². The molecular weight excluding hydrogens is 595 g/mol. The average molecular weight is 634 g/mol. The molecule has 2 amide bonds. The summed E-state index contributed by atoms with van der Waals surface area (Å²) in [5.41, 5.74) is 3.71. The second kappa shape index (κ2) is 12.8. The molecule has 2 aliphatic rings. The molecule has 2 N–H and O–H groups in total. The fourth-order valence-electron chi connectivity index (χ4n) is 6.10. The van der Waals surface area contributed by atoms with Gasteiger partial charge in [0.15, 0.2) is 0 Å². The summed E-state index contributed by atoms with van der Waals surface area (Å²) in [4.78, 5) is 31.6. The number of halogens is 3. The summed E-state index contributed by atoms with van der Waals surface area (Å²) < 4.78 is 48.7. The van der Waals surface area contributed by atoms with Crippen LogP contribution in [0.1, 0.15) is 54.3 Å². The first kappa shape index (κ1) is 31.6. The summed E-state index contributed by atoms with van der Waals surface area (Å²) in [6.45, 7) is 11.8. The molecule has 46 heavy (non-hydrogen) atoms. The predicted octanol–water partition coefficient (Wildman–Crippen LogP) is 7.09. The Balaban J connectivity index is 1.19. The first-order valence-electron chi connectivity index (χ1n) is 15.5. The maximum absolute atomic E-state index is 14.1. The lowest BCUT2D eigenvalue weighted by Gasteiger charge is -2.34. The first-order chi connectivity index (χ1) is 22.0. The number of alkyl halides is 3. The van der Waals surface area contributed by atoms with Gasteiger partial charge in [0.05, 0.1) is 22.8 Å². The second-order valence-corrected chi connectivity index (χ2v) is 12.2. The number of hydrogen-bond donors (Lipinski definition) is 2. The van der Waals surface area contributed by atoms with Crippen LogP contribution in [-0.4, -0.2) is 75.5 Å². The number of amides is 2. The van der Waals surface area contributed by atoms with Crippen molar-refractivity contribution >= 4 is 28.3 Å². The number of allylic oxidation sites excluding steroid dienone is 1. The SMILES string of the molecule is C=C(C)c1cc2c(Oc3cnc4c(c3)CN(C(=O)Nc3ccc(CN5CCN(C)CC5)c(C(F)(F)F)c3)C[C@@H]4CC)ccnc2[nH]1. The molecule has 0 bridgehead atoms. The lowest BCUT2D eigenvalue weighted by Crippen LogP contribution is -2.44. The minimum Gasteiger partial charge on any atom is -0.455 e. The van der Waals surface area contributed by atoms with Crippen molar-refractivity contribution in [1.29, 1.82) is 0 Å². The minimum absolute atomic E-state index is 0.0318. The highest BCUT2D eigenvalue weighted by molar-refractivity contribution is 5.90. The van der Waals surface area contributed by atoms with Crippen LogP contribution < -0.4 is 10.1 Å². The van der Waals surface area contributed by atoms with Crippen molar-refractivity contribution in [2.24, 2.45) is 0 Å². The molecule has 2 aliphatic heterocycles. The van der Waals surface area contributed by atoms with Crippen LogP contribution in [0.15, 0.2) is 55.4 Å². The number of benzene rings is 1. The van der Waals surface area contributed by atoms with Crippen molar-refractivity contribution in [3.8, 4) is 11.5 Å². The maximum atomic E-state index is 14.1. The molecule has 0 radical (unpaired) electrons. The van der Waals surface area contributed by atoms with Gasteiger partial charge in [0.25, 0.3) is 0 Å². The zero-order valence-electron chi connectivity index (χ0n) is 26.2. The fraction of sp³-hybridized carbons (Fsp3) is 0.382. The molecule has 1 saturated heterocycles. The molecule has 1 atom stereocenters. The van der Waals surface area contributed by atoms with E-state index < -0.39 is 17.8 Å². The van der Waals surface area contributed by atoms with E-state index in [0.717, 1.165) is 53.5 Å². The van der Waals surface area contributed by atoms with Crippen LogP contribution in [0, 0.1) is 0 Å². The lowest BCUT2D eigenvalue weighted by molar-refractivity contribution is -0.138. The molecule has 0 spiro atoms. The summed E-state index contributed by atoms with van der Waals surface area (Å²) in [6.07, 6.45) is -0.473. The van der Waals surface area contributed by atoms with Gasteiger partial charge in [-0.2, -0.15) is 13.2 Å². The van der Waals surface area contributed by atoms with Crippen molar-refractivity contribution in [3.05, 3.63) is 83.4 Å². The largest absolute Gasteiger partial charge is 0.455 e. The number of H-pyrrole nitrogens is 1. The molecule has 9 nitrogen and oxygen atoms in total. The fourth-order valence-corrected chi connectivity index (χ4v) is 6.10. The van der Waals surface area contributed by atoms with Crippen LogP contribution in [0.3, 0.4) is 0 Å². The number of aromatic nitrogens is 3. The van der Waals surface area contributed by atoms with E-state index in [1.807, 2.05) is 37.9 Å². The average Bonchev–Trinajstić information content (AvgIpc) is 3.48. The number of aromatic amines is 1. The van der Waals surface area contributed by atoms with Gasteiger partial charge in [-0.05, 0) is 67.4 Å².